The van der Waals surface area contributed by atoms with Crippen LogP contribution in [-0.2, 0) is 20.6 Å². The van der Waals surface area contributed by atoms with E-state index in [1.54, 1.807) is 42.5 Å². The molecule has 0 aromatic heterocycles. The van der Waals surface area contributed by atoms with Crippen LogP contribution in [0.25, 0.3) is 10.8 Å². The SMILES string of the molecule is N#Cc1ccc(C2(COc3cccc4cc(NS(=O)(=O)C(F)(F)F)ccc34)N=CNO2)cc1. The van der Waals surface area contributed by atoms with E-state index in [1.807, 2.05) is 6.07 Å². The molecule has 0 saturated carbocycles. The number of rotatable bonds is 6. The summed E-state index contributed by atoms with van der Waals surface area (Å²) in [4.78, 5) is 9.89. The number of anilines is 1. The molecule has 1 aliphatic heterocycles. The smallest absolute Gasteiger partial charge is 0.487 e. The minimum Gasteiger partial charge on any atom is -0.487 e. The highest BCUT2D eigenvalue weighted by Crippen LogP contribution is 2.34. The van der Waals surface area contributed by atoms with Crippen LogP contribution >= 0.6 is 0 Å². The Hall–Kier alpha value is -3.82. The molecule has 0 saturated heterocycles. The second-order valence-electron chi connectivity index (χ2n) is 6.98. The maximum atomic E-state index is 12.6. The first kappa shape index (κ1) is 22.4. The zero-order valence-corrected chi connectivity index (χ0v) is 17.4. The Bertz CT molecular complexity index is 1370. The number of sulfonamides is 1. The van der Waals surface area contributed by atoms with Crippen LogP contribution in [0.4, 0.5) is 18.9 Å². The van der Waals surface area contributed by atoms with Crippen LogP contribution in [0.15, 0.2) is 65.7 Å². The summed E-state index contributed by atoms with van der Waals surface area (Å²) in [5, 5.41) is 9.98. The Morgan fingerprint density at radius 3 is 2.55 bits per heavy atom. The Balaban J connectivity index is 1.59. The fourth-order valence-electron chi connectivity index (χ4n) is 3.20. The molecular formula is C21H15F3N4O4S. The molecule has 1 unspecified atom stereocenters. The van der Waals surface area contributed by atoms with Crippen molar-refractivity contribution in [2.75, 3.05) is 11.3 Å². The van der Waals surface area contributed by atoms with E-state index in [0.29, 0.717) is 27.6 Å². The van der Waals surface area contributed by atoms with Gasteiger partial charge >= 0.3 is 15.5 Å². The predicted octanol–water partition coefficient (Wildman–Crippen LogP) is 3.77. The van der Waals surface area contributed by atoms with E-state index in [-0.39, 0.29) is 12.3 Å². The van der Waals surface area contributed by atoms with E-state index in [9.17, 15) is 21.6 Å². The molecule has 0 spiro atoms. The van der Waals surface area contributed by atoms with E-state index < -0.39 is 21.3 Å². The number of alkyl halides is 3. The van der Waals surface area contributed by atoms with Crippen molar-refractivity contribution in [1.29, 1.82) is 5.26 Å². The molecule has 1 heterocycles. The molecule has 0 aliphatic carbocycles. The molecule has 0 fully saturated rings. The predicted molar refractivity (Wildman–Crippen MR) is 114 cm³/mol. The zero-order chi connectivity index (χ0) is 23.7. The third-order valence-corrected chi connectivity index (χ3v) is 5.95. The second-order valence-corrected chi connectivity index (χ2v) is 8.66. The van der Waals surface area contributed by atoms with Crippen LogP contribution in [-0.4, -0.2) is 26.9 Å². The Morgan fingerprint density at radius 1 is 1.15 bits per heavy atom. The van der Waals surface area contributed by atoms with Gasteiger partial charge < -0.3 is 4.74 Å². The Morgan fingerprint density at radius 2 is 1.91 bits per heavy atom. The lowest BCUT2D eigenvalue weighted by molar-refractivity contribution is -0.0842. The van der Waals surface area contributed by atoms with Gasteiger partial charge in [0.15, 0.2) is 0 Å². The molecule has 3 aromatic carbocycles. The van der Waals surface area contributed by atoms with Gasteiger partial charge in [-0.2, -0.15) is 26.9 Å². The van der Waals surface area contributed by atoms with Gasteiger partial charge in [0, 0.05) is 16.6 Å². The fourth-order valence-corrected chi connectivity index (χ4v) is 3.75. The molecule has 1 aliphatic rings. The molecule has 4 rings (SSSR count). The average molecular weight is 476 g/mol. The summed E-state index contributed by atoms with van der Waals surface area (Å²) >= 11 is 0. The highest BCUT2D eigenvalue weighted by atomic mass is 32.2. The molecule has 12 heteroatoms. The van der Waals surface area contributed by atoms with Gasteiger partial charge in [-0.15, -0.1) is 0 Å². The quantitative estimate of drug-likeness (QED) is 0.560. The molecule has 170 valence electrons. The van der Waals surface area contributed by atoms with Crippen LogP contribution in [0.2, 0.25) is 0 Å². The summed E-state index contributed by atoms with van der Waals surface area (Å²) in [5.41, 5.74) is -3.23. The number of ether oxygens (including phenoxy) is 1. The number of hydrogen-bond donors (Lipinski definition) is 2. The molecular weight excluding hydrogens is 461 g/mol. The van der Waals surface area contributed by atoms with Crippen LogP contribution in [0.5, 0.6) is 5.75 Å². The molecule has 33 heavy (non-hydrogen) atoms. The Kier molecular flexibility index (Phi) is 5.61. The summed E-state index contributed by atoms with van der Waals surface area (Å²) in [7, 11) is -5.54. The summed E-state index contributed by atoms with van der Waals surface area (Å²) in [5.74, 6) is 0.386. The van der Waals surface area contributed by atoms with Gasteiger partial charge in [-0.1, -0.05) is 24.3 Å². The van der Waals surface area contributed by atoms with Crippen molar-refractivity contribution in [1.82, 2.24) is 5.48 Å². The molecule has 0 amide bonds. The lowest BCUT2D eigenvalue weighted by Gasteiger charge is -2.25. The van der Waals surface area contributed by atoms with Gasteiger partial charge in [0.2, 0.25) is 5.72 Å². The average Bonchev–Trinajstić information content (AvgIpc) is 3.26. The molecule has 1 atom stereocenters. The Labute approximate surface area is 186 Å². The van der Waals surface area contributed by atoms with Gasteiger partial charge in [-0.05, 0) is 41.8 Å². The topological polar surface area (TPSA) is 113 Å². The van der Waals surface area contributed by atoms with Gasteiger partial charge in [0.1, 0.15) is 18.7 Å². The molecule has 3 aromatic rings. The number of halogens is 3. The summed E-state index contributed by atoms with van der Waals surface area (Å²) in [6, 6.07) is 17.5. The number of nitrogens with zero attached hydrogens (tertiary/aromatic N) is 2. The summed E-state index contributed by atoms with van der Waals surface area (Å²) in [6.07, 6.45) is 1.36. The van der Waals surface area contributed by atoms with Crippen molar-refractivity contribution in [2.45, 2.75) is 11.2 Å². The number of benzene rings is 3. The van der Waals surface area contributed by atoms with Gasteiger partial charge in [-0.3, -0.25) is 10.2 Å². The third-order valence-electron chi connectivity index (χ3n) is 4.84. The third kappa shape index (κ3) is 4.41. The van der Waals surface area contributed by atoms with Crippen molar-refractivity contribution in [3.8, 4) is 11.8 Å². The van der Waals surface area contributed by atoms with Crippen LogP contribution < -0.4 is 14.9 Å². The maximum absolute atomic E-state index is 12.6. The van der Waals surface area contributed by atoms with Gasteiger partial charge in [-0.25, -0.2) is 9.83 Å². The minimum absolute atomic E-state index is 0.0655. The summed E-state index contributed by atoms with van der Waals surface area (Å²) in [6.45, 7) is -0.0655. The lowest BCUT2D eigenvalue weighted by atomic mass is 10.0. The number of nitrogens with one attached hydrogen (secondary N) is 2. The number of hydroxylamine groups is 1. The highest BCUT2D eigenvalue weighted by molar-refractivity contribution is 7.93. The summed E-state index contributed by atoms with van der Waals surface area (Å²) < 4.78 is 68.2. The lowest BCUT2D eigenvalue weighted by Crippen LogP contribution is -2.34. The van der Waals surface area contributed by atoms with Crippen molar-refractivity contribution < 1.29 is 31.2 Å². The van der Waals surface area contributed by atoms with Crippen molar-refractivity contribution >= 4 is 32.8 Å². The van der Waals surface area contributed by atoms with Crippen LogP contribution in [0, 0.1) is 11.3 Å². The minimum atomic E-state index is -5.54. The van der Waals surface area contributed by atoms with Crippen molar-refractivity contribution in [3.63, 3.8) is 0 Å². The first-order chi connectivity index (χ1) is 15.6. The van der Waals surface area contributed by atoms with Crippen molar-refractivity contribution in [2.24, 2.45) is 4.99 Å². The number of hydrogen-bond acceptors (Lipinski definition) is 7. The van der Waals surface area contributed by atoms with E-state index in [2.05, 4.69) is 10.5 Å². The first-order valence-corrected chi connectivity index (χ1v) is 10.8. The number of nitriles is 1. The van der Waals surface area contributed by atoms with Crippen molar-refractivity contribution in [3.05, 3.63) is 71.8 Å². The number of fused-ring (bicyclic) bond motifs is 1. The molecule has 0 bridgehead atoms. The second kappa shape index (κ2) is 8.27. The largest absolute Gasteiger partial charge is 0.516 e. The van der Waals surface area contributed by atoms with E-state index in [0.717, 1.165) is 0 Å². The van der Waals surface area contributed by atoms with Gasteiger partial charge in [0.25, 0.3) is 0 Å². The zero-order valence-electron chi connectivity index (χ0n) is 16.6. The first-order valence-electron chi connectivity index (χ1n) is 9.36. The van der Waals surface area contributed by atoms with E-state index >= 15 is 0 Å². The monoisotopic (exact) mass is 476 g/mol. The van der Waals surface area contributed by atoms with E-state index in [1.165, 1.54) is 29.3 Å². The maximum Gasteiger partial charge on any atom is 0.516 e. The fraction of sp³-hybridized carbons (Fsp3) is 0.143. The standard InChI is InChI=1S/C21H15F3N4O4S/c22-21(23,24)33(29,30)28-17-8-9-18-15(10-17)2-1-3-19(18)31-12-20(26-13-27-32-20)16-6-4-14(11-25)5-7-16/h1-10,13,28H,12H2,(H,26,27). The molecule has 2 N–H and O–H groups in total. The number of aliphatic imine (C=N–C) groups is 1. The molecule has 8 nitrogen and oxygen atoms in total. The molecule has 0 radical (unpaired) electrons. The highest BCUT2D eigenvalue weighted by Gasteiger charge is 2.46. The van der Waals surface area contributed by atoms with Crippen LogP contribution in [0.3, 0.4) is 0 Å². The van der Waals surface area contributed by atoms with E-state index in [4.69, 9.17) is 14.8 Å². The normalized spacial score (nSPS) is 18.0. The van der Waals surface area contributed by atoms with Crippen LogP contribution in [0.1, 0.15) is 11.1 Å². The van der Waals surface area contributed by atoms with Gasteiger partial charge in [0.05, 0.1) is 11.6 Å².